The molecule has 5 aromatic rings. The number of benzene rings is 5. The van der Waals surface area contributed by atoms with Gasteiger partial charge in [0.1, 0.15) is 96.4 Å². The molecule has 786 valence electrons. The zero-order chi connectivity index (χ0) is 106. The highest BCUT2D eigenvalue weighted by molar-refractivity contribution is 8.00. The zero-order valence-electron chi connectivity index (χ0n) is 81.8. The van der Waals surface area contributed by atoms with Crippen LogP contribution in [0.3, 0.4) is 0 Å². The molecular formula is C99H138F3N21O20S. The first kappa shape index (κ1) is 117. The molecule has 5 aromatic carbocycles. The fourth-order valence-corrected chi connectivity index (χ4v) is 17.3. The lowest BCUT2D eigenvalue weighted by atomic mass is 9.84. The quantitative estimate of drug-likeness (QED) is 0.0273. The van der Waals surface area contributed by atoms with Gasteiger partial charge in [0.15, 0.2) is 0 Å². The number of nitrogens with one attached hydrogen (secondary N) is 14. The number of thioether (sulfide) groups is 1. The van der Waals surface area contributed by atoms with E-state index in [0.717, 1.165) is 41.9 Å². The van der Waals surface area contributed by atoms with Crippen molar-refractivity contribution in [2.24, 2.45) is 52.2 Å². The summed E-state index contributed by atoms with van der Waals surface area (Å²) in [6.07, 6.45) is -6.51. The number of hydrogen-bond acceptors (Lipinski definition) is 24. The van der Waals surface area contributed by atoms with Crippen LogP contribution in [-0.4, -0.2) is 256 Å². The number of hydrogen-bond donors (Lipinski definition) is 22. The monoisotopic (exact) mass is 2030 g/mol. The third kappa shape index (κ3) is 38.6. The van der Waals surface area contributed by atoms with Gasteiger partial charge in [-0.2, -0.15) is 13.2 Å². The molecule has 41 nitrogen and oxygen atoms in total. The standard InChI is InChI=1S/C99H138F3N21O20S/c1-54(2)45-72-89(134)111-70(41-44-105)88(133)116-75(47-59-21-13-9-14-22-59)94(139)122-82(55(3)4)96(141)112-68(27-18-42-103)86(131)120-78(95(140)109-67(40-43-104)84(108)129)52-144-53-80(126)121-83(56(5)106)97(142)119-74(49-61-30-35-66(124)36-31-61)92(137)118-77(51-81(127)128)93(138)117-76(50-62-23-17-26-65(46-62)99(100,101)102)90(135)110-69(37-32-58-19-11-8-12-20-58)87(132)115-73(48-60-28-33-64(34-29-60)63-24-15-10-16-25-63)91(136)113-71(38-39-79(107)125)98(143)123(7)57(6)85(130)114-72/h8,10-12,15-17,19-20,23-26,28-31,33-36,46,54-57,59,67-78,82-83,124H,9,13-14,18,21-22,27,32,37-45,47-53,103-106H2,1-7H3,(H2,107,125)(H2,108,129)(H,109,140)(H,110,135)(H,111,134)(H,112,141)(H,113,136)(H,114,130)(H,115,132)(H,116,133)(H,117,138)(H,118,137)(H,119,142)(H,120,131)(H,121,126)(H,122,139)(H,127,128)/t56-,57+,67+,68+,69+,70+,71+,72-,73+,74+,75+,76+,77+,78+,82+,83+/m1/s1. The molecule has 0 unspecified atom stereocenters. The molecule has 0 bridgehead atoms. The number of carbonyl (C=O) groups is 18. The van der Waals surface area contributed by atoms with Crippen LogP contribution in [0.2, 0.25) is 0 Å². The summed E-state index contributed by atoms with van der Waals surface area (Å²) < 4.78 is 43.8. The van der Waals surface area contributed by atoms with Crippen LogP contribution in [0.5, 0.6) is 5.75 Å². The maximum Gasteiger partial charge on any atom is 0.416 e. The molecule has 7 rings (SSSR count). The van der Waals surface area contributed by atoms with E-state index in [1.807, 2.05) is 12.1 Å². The van der Waals surface area contributed by atoms with Crippen molar-refractivity contribution >= 4 is 118 Å². The Morgan fingerprint density at radius 2 is 0.958 bits per heavy atom. The second kappa shape index (κ2) is 58.2. The zero-order valence-corrected chi connectivity index (χ0v) is 82.7. The number of carboxylic acids is 1. The topological polar surface area (TPSA) is 675 Å². The molecule has 1 aliphatic carbocycles. The Bertz CT molecular complexity index is 5200. The number of carbonyl (C=O) groups excluding carboxylic acids is 17. The second-order valence-corrected chi connectivity index (χ2v) is 38.1. The van der Waals surface area contributed by atoms with Gasteiger partial charge in [-0.3, -0.25) is 86.3 Å². The van der Waals surface area contributed by atoms with Gasteiger partial charge in [-0.1, -0.05) is 175 Å². The molecule has 0 aromatic heterocycles. The third-order valence-corrected chi connectivity index (χ3v) is 25.6. The van der Waals surface area contributed by atoms with Crippen LogP contribution in [0.1, 0.15) is 166 Å². The van der Waals surface area contributed by atoms with Crippen molar-refractivity contribution in [3.05, 3.63) is 161 Å². The minimum absolute atomic E-state index is 0.0385. The summed E-state index contributed by atoms with van der Waals surface area (Å²) in [5.74, 6) is -22.7. The van der Waals surface area contributed by atoms with E-state index in [9.17, 15) is 76.1 Å². The fraction of sp³-hybridized carbons (Fsp3) is 0.515. The second-order valence-electron chi connectivity index (χ2n) is 37.0. The number of primary amides is 2. The summed E-state index contributed by atoms with van der Waals surface area (Å²) in [6.45, 7) is 8.76. The van der Waals surface area contributed by atoms with Crippen LogP contribution in [0.25, 0.3) is 11.1 Å². The highest BCUT2D eigenvalue weighted by Gasteiger charge is 2.42. The van der Waals surface area contributed by atoms with E-state index in [2.05, 4.69) is 74.4 Å². The van der Waals surface area contributed by atoms with Crippen molar-refractivity contribution < 1.29 is 110 Å². The SMILES string of the molecule is CC(C)C[C@H]1NC(=O)[C@H](C)N(C)C(=O)[C@H](CCC(N)=O)NC(=O)[C@H](Cc2ccc(-c3ccccc3)cc2)NC(=O)[C@H](CCc2ccccc2)NC(=O)[C@H](Cc2cccc(C(F)(F)F)c2)NC(=O)[C@H](CC(=O)O)NC(=O)[C@H](Cc2ccc(O)cc2)NC(=O)[C@H]([C@@H](C)N)NC(=O)CSC[C@@H](C(=O)N[C@@H](CCN)C(N)=O)NC(=O)[C@H](CCCN)NC(=O)[C@H](C(C)C)NC(=O)[C@H](CC2CCCCC2)NC(=O)[C@H](CCN)NC1=O. The molecular weight excluding hydrogens is 1890 g/mol. The molecule has 0 radical (unpaired) electrons. The van der Waals surface area contributed by atoms with Crippen LogP contribution >= 0.6 is 11.8 Å². The van der Waals surface area contributed by atoms with E-state index in [4.69, 9.17) is 34.4 Å². The minimum Gasteiger partial charge on any atom is -0.508 e. The number of halogens is 3. The van der Waals surface area contributed by atoms with Gasteiger partial charge >= 0.3 is 12.1 Å². The Hall–Kier alpha value is -13.7. The number of aryl methyl sites for hydroxylation is 1. The lowest BCUT2D eigenvalue weighted by molar-refractivity contribution is -0.143. The molecule has 144 heavy (non-hydrogen) atoms. The predicted molar refractivity (Wildman–Crippen MR) is 529 cm³/mol. The summed E-state index contributed by atoms with van der Waals surface area (Å²) in [5.41, 5.74) is 36.7. The molecule has 28 N–H and O–H groups in total. The van der Waals surface area contributed by atoms with Crippen LogP contribution in [0, 0.1) is 17.8 Å². The molecule has 17 amide bonds. The molecule has 16 atom stereocenters. The lowest BCUT2D eigenvalue weighted by Crippen LogP contribution is -2.62. The summed E-state index contributed by atoms with van der Waals surface area (Å²) in [5, 5.41) is 56.8. The Morgan fingerprint density at radius 3 is 1.50 bits per heavy atom. The molecule has 2 fully saturated rings. The largest absolute Gasteiger partial charge is 0.508 e. The highest BCUT2D eigenvalue weighted by atomic mass is 32.2. The smallest absolute Gasteiger partial charge is 0.416 e. The first-order valence-electron chi connectivity index (χ1n) is 48.1. The maximum atomic E-state index is 15.6. The van der Waals surface area contributed by atoms with Crippen molar-refractivity contribution in [3.63, 3.8) is 0 Å². The number of rotatable bonds is 31. The predicted octanol–water partition coefficient (Wildman–Crippen LogP) is -0.199. The van der Waals surface area contributed by atoms with Crippen molar-refractivity contribution in [1.82, 2.24) is 79.3 Å². The van der Waals surface area contributed by atoms with Gasteiger partial charge in [0.25, 0.3) is 0 Å². The molecule has 2 aliphatic rings. The van der Waals surface area contributed by atoms with Crippen molar-refractivity contribution in [2.75, 3.05) is 38.2 Å². The van der Waals surface area contributed by atoms with Crippen molar-refractivity contribution in [1.29, 1.82) is 0 Å². The van der Waals surface area contributed by atoms with Gasteiger partial charge in [0.2, 0.25) is 100 Å². The van der Waals surface area contributed by atoms with Gasteiger partial charge in [0.05, 0.1) is 17.7 Å². The summed E-state index contributed by atoms with van der Waals surface area (Å²) in [6, 6.07) is 5.90. The van der Waals surface area contributed by atoms with Gasteiger partial charge in [-0.05, 0) is 161 Å². The van der Waals surface area contributed by atoms with Crippen LogP contribution < -0.4 is 109 Å². The molecule has 1 aliphatic heterocycles. The number of aromatic hydroxyl groups is 1. The molecule has 1 saturated heterocycles. The summed E-state index contributed by atoms with van der Waals surface area (Å²) in [7, 11) is 1.18. The minimum atomic E-state index is -5.00. The number of alkyl halides is 3. The highest BCUT2D eigenvalue weighted by Crippen LogP contribution is 2.32. The molecule has 0 spiro atoms. The van der Waals surface area contributed by atoms with E-state index in [0.29, 0.717) is 53.4 Å². The average molecular weight is 2030 g/mol. The third-order valence-electron chi connectivity index (χ3n) is 24.6. The Labute approximate surface area is 837 Å². The number of nitrogens with two attached hydrogens (primary N) is 6. The number of phenolic OH excluding ortho intramolecular Hbond substituents is 1. The normalized spacial score (nSPS) is 23.7. The molecule has 1 heterocycles. The number of aliphatic carboxylic acids is 1. The number of nitrogens with zero attached hydrogens (tertiary/aromatic N) is 1. The van der Waals surface area contributed by atoms with E-state index in [1.165, 1.54) is 45.2 Å². The average Bonchev–Trinajstić information content (AvgIpc) is 0.901. The lowest BCUT2D eigenvalue weighted by Gasteiger charge is -2.32. The Balaban J connectivity index is 1.37. The molecule has 45 heteroatoms. The van der Waals surface area contributed by atoms with Crippen molar-refractivity contribution in [2.45, 2.75) is 266 Å². The number of phenols is 1. The molecule has 1 saturated carbocycles. The van der Waals surface area contributed by atoms with Crippen molar-refractivity contribution in [3.8, 4) is 16.9 Å². The first-order chi connectivity index (χ1) is 68.2. The number of carboxylic acid groups (broad SMARTS) is 1. The van der Waals surface area contributed by atoms with E-state index >= 15 is 33.6 Å². The van der Waals surface area contributed by atoms with Gasteiger partial charge in [0, 0.05) is 44.5 Å². The van der Waals surface area contributed by atoms with E-state index < -0.39 is 271 Å². The number of amides is 17. The van der Waals surface area contributed by atoms with Crippen LogP contribution in [-0.2, 0) is 118 Å². The van der Waals surface area contributed by atoms with Gasteiger partial charge in [-0.25, -0.2) is 0 Å². The van der Waals surface area contributed by atoms with E-state index in [-0.39, 0.29) is 99.7 Å². The number of likely N-dealkylation sites (N-methyl/N-ethyl adjacent to an activating group) is 1. The Kier molecular flexibility index (Phi) is 47.4. The summed E-state index contributed by atoms with van der Waals surface area (Å²) >= 11 is 0.681. The fourth-order valence-electron chi connectivity index (χ4n) is 16.4. The van der Waals surface area contributed by atoms with Gasteiger partial charge < -0.3 is 124 Å². The summed E-state index contributed by atoms with van der Waals surface area (Å²) in [4.78, 5) is 264. The van der Waals surface area contributed by atoms with Gasteiger partial charge in [-0.15, -0.1) is 11.8 Å². The Morgan fingerprint density at radius 1 is 0.486 bits per heavy atom. The van der Waals surface area contributed by atoms with Crippen LogP contribution in [0.4, 0.5) is 13.2 Å². The maximum absolute atomic E-state index is 15.6. The van der Waals surface area contributed by atoms with Crippen LogP contribution in [0.15, 0.2) is 133 Å². The van der Waals surface area contributed by atoms with E-state index in [1.54, 1.807) is 100 Å². The first-order valence-corrected chi connectivity index (χ1v) is 49.3.